The van der Waals surface area contributed by atoms with Crippen LogP contribution in [0.25, 0.3) is 32.9 Å². The lowest BCUT2D eigenvalue weighted by molar-refractivity contribution is 0.0681. The number of nitrogens with zero attached hydrogens (tertiary/aromatic N) is 1. The molecule has 0 radical (unpaired) electrons. The molecule has 0 spiro atoms. The van der Waals surface area contributed by atoms with Gasteiger partial charge in [0, 0.05) is 46.3 Å². The van der Waals surface area contributed by atoms with Gasteiger partial charge in [-0.2, -0.15) is 0 Å². The Labute approximate surface area is 202 Å². The van der Waals surface area contributed by atoms with E-state index in [1.807, 2.05) is 0 Å². The molecule has 0 saturated heterocycles. The number of carboxylic acid groups (broad SMARTS) is 2. The Morgan fingerprint density at radius 2 is 1.53 bits per heavy atom. The zero-order chi connectivity index (χ0) is 25.9. The van der Waals surface area contributed by atoms with Gasteiger partial charge < -0.3 is 45.6 Å². The van der Waals surface area contributed by atoms with E-state index in [-0.39, 0.29) is 48.7 Å². The van der Waals surface area contributed by atoms with Crippen molar-refractivity contribution in [3.63, 3.8) is 0 Å². The van der Waals surface area contributed by atoms with Crippen LogP contribution in [0.5, 0.6) is 23.0 Å². The minimum absolute atomic E-state index is 0.00573. The molecule has 2 aromatic carbocycles. The SMILES string of the molecule is O=C(O)c1cc2c(-c3c(C(=O)O)[nH]c4cc(O)c(O)c(Sc5nccc(=O)[nH]5)c34)c(O)c(O)cc2[nH]1. The minimum Gasteiger partial charge on any atom is -0.504 e. The van der Waals surface area contributed by atoms with Gasteiger partial charge in [-0.1, -0.05) is 0 Å². The number of phenols is 4. The first-order valence-electron chi connectivity index (χ1n) is 9.95. The highest BCUT2D eigenvalue weighted by Gasteiger charge is 2.30. The first-order chi connectivity index (χ1) is 17.1. The number of fused-ring (bicyclic) bond motifs is 2. The molecule has 5 rings (SSSR count). The van der Waals surface area contributed by atoms with Crippen LogP contribution >= 0.6 is 11.8 Å². The van der Waals surface area contributed by atoms with Gasteiger partial charge in [0.25, 0.3) is 5.56 Å². The van der Waals surface area contributed by atoms with Gasteiger partial charge in [-0.15, -0.1) is 0 Å². The number of nitrogens with one attached hydrogen (secondary N) is 3. The van der Waals surface area contributed by atoms with E-state index >= 15 is 0 Å². The van der Waals surface area contributed by atoms with Crippen LogP contribution in [0.1, 0.15) is 21.0 Å². The number of phenolic OH excluding ortho intramolecular Hbond substituents is 4. The fourth-order valence-corrected chi connectivity index (χ4v) is 4.91. The van der Waals surface area contributed by atoms with E-state index in [2.05, 4.69) is 19.9 Å². The van der Waals surface area contributed by atoms with E-state index in [9.17, 15) is 45.0 Å². The van der Waals surface area contributed by atoms with Gasteiger partial charge in [0.1, 0.15) is 11.4 Å². The van der Waals surface area contributed by atoms with Gasteiger partial charge in [-0.05, 0) is 17.8 Å². The van der Waals surface area contributed by atoms with Gasteiger partial charge in [0.2, 0.25) is 0 Å². The van der Waals surface area contributed by atoms with E-state index < -0.39 is 46.2 Å². The summed E-state index contributed by atoms with van der Waals surface area (Å²) in [6, 6.07) is 4.44. The molecule has 5 aromatic rings. The maximum atomic E-state index is 12.2. The van der Waals surface area contributed by atoms with E-state index in [0.717, 1.165) is 24.3 Å². The molecule has 9 N–H and O–H groups in total. The number of aromatic hydroxyl groups is 4. The lowest BCUT2D eigenvalue weighted by atomic mass is 9.96. The summed E-state index contributed by atoms with van der Waals surface area (Å²) in [4.78, 5) is 47.0. The Kier molecular flexibility index (Phi) is 5.03. The third-order valence-electron chi connectivity index (χ3n) is 5.41. The maximum absolute atomic E-state index is 12.2. The number of carboxylic acids is 2. The molecule has 0 aliphatic carbocycles. The van der Waals surface area contributed by atoms with E-state index in [4.69, 9.17) is 0 Å². The second-order valence-corrected chi connectivity index (χ2v) is 8.59. The summed E-state index contributed by atoms with van der Waals surface area (Å²) in [5, 5.41) is 61.6. The molecule has 0 unspecified atom stereocenters. The first kappa shape index (κ1) is 22.7. The van der Waals surface area contributed by atoms with E-state index in [0.29, 0.717) is 11.8 Å². The predicted octanol–water partition coefficient (Wildman–Crippen LogP) is 2.77. The number of aromatic nitrogens is 4. The zero-order valence-corrected chi connectivity index (χ0v) is 18.5. The van der Waals surface area contributed by atoms with Crippen LogP contribution < -0.4 is 5.56 Å². The quantitative estimate of drug-likeness (QED) is 0.123. The van der Waals surface area contributed by atoms with Crippen molar-refractivity contribution in [1.82, 2.24) is 19.9 Å². The topological polar surface area (TPSA) is 233 Å². The minimum atomic E-state index is -1.49. The van der Waals surface area contributed by atoms with Gasteiger partial charge in [-0.3, -0.25) is 4.79 Å². The van der Waals surface area contributed by atoms with E-state index in [1.54, 1.807) is 0 Å². The molecular formula is C22H14N4O9S. The molecular weight excluding hydrogens is 496 g/mol. The molecule has 14 heteroatoms. The smallest absolute Gasteiger partial charge is 0.352 e. The third-order valence-corrected chi connectivity index (χ3v) is 6.42. The van der Waals surface area contributed by atoms with Crippen molar-refractivity contribution in [2.24, 2.45) is 0 Å². The summed E-state index contributed by atoms with van der Waals surface area (Å²) in [6.45, 7) is 0. The van der Waals surface area contributed by atoms with Gasteiger partial charge in [0.15, 0.2) is 28.2 Å². The summed E-state index contributed by atoms with van der Waals surface area (Å²) in [5.74, 6) is -5.55. The number of hydrogen-bond acceptors (Lipinski definition) is 9. The summed E-state index contributed by atoms with van der Waals surface area (Å²) in [5.41, 5.74) is -1.68. The van der Waals surface area contributed by atoms with E-state index in [1.165, 1.54) is 6.20 Å². The number of aromatic carboxylic acids is 2. The van der Waals surface area contributed by atoms with Crippen molar-refractivity contribution in [1.29, 1.82) is 0 Å². The molecule has 3 aromatic heterocycles. The van der Waals surface area contributed by atoms with Crippen LogP contribution in [0.15, 0.2) is 45.3 Å². The van der Waals surface area contributed by atoms with Crippen molar-refractivity contribution in [3.05, 3.63) is 52.2 Å². The predicted molar refractivity (Wildman–Crippen MR) is 125 cm³/mol. The largest absolute Gasteiger partial charge is 0.504 e. The lowest BCUT2D eigenvalue weighted by Crippen LogP contribution is -2.05. The van der Waals surface area contributed by atoms with Gasteiger partial charge >= 0.3 is 11.9 Å². The fraction of sp³-hybridized carbons (Fsp3) is 0. The summed E-state index contributed by atoms with van der Waals surface area (Å²) in [6.07, 6.45) is 1.21. The summed E-state index contributed by atoms with van der Waals surface area (Å²) >= 11 is 0.696. The highest BCUT2D eigenvalue weighted by molar-refractivity contribution is 7.99. The normalized spacial score (nSPS) is 11.3. The van der Waals surface area contributed by atoms with Crippen LogP contribution in [-0.2, 0) is 0 Å². The maximum Gasteiger partial charge on any atom is 0.352 e. The third kappa shape index (κ3) is 3.43. The number of aromatic amines is 3. The molecule has 0 saturated carbocycles. The summed E-state index contributed by atoms with van der Waals surface area (Å²) < 4.78 is 0. The molecule has 3 heterocycles. The number of hydrogen-bond donors (Lipinski definition) is 9. The van der Waals surface area contributed by atoms with Crippen molar-refractivity contribution in [3.8, 4) is 34.1 Å². The van der Waals surface area contributed by atoms with Crippen molar-refractivity contribution >= 4 is 45.5 Å². The van der Waals surface area contributed by atoms with Crippen LogP contribution in [0.4, 0.5) is 0 Å². The van der Waals surface area contributed by atoms with Gasteiger partial charge in [-0.25, -0.2) is 14.6 Å². The molecule has 0 aliphatic heterocycles. The van der Waals surface area contributed by atoms with Crippen LogP contribution in [-0.4, -0.2) is 62.5 Å². The average molecular weight is 510 g/mol. The second kappa shape index (κ2) is 7.99. The van der Waals surface area contributed by atoms with Crippen LogP contribution in [0.3, 0.4) is 0 Å². The zero-order valence-electron chi connectivity index (χ0n) is 17.7. The Morgan fingerprint density at radius 1 is 0.833 bits per heavy atom. The van der Waals surface area contributed by atoms with Gasteiger partial charge in [0.05, 0.1) is 15.9 Å². The Hall–Kier alpha value is -5.11. The van der Waals surface area contributed by atoms with Crippen molar-refractivity contribution in [2.75, 3.05) is 0 Å². The first-order valence-corrected chi connectivity index (χ1v) is 10.8. The molecule has 13 nitrogen and oxygen atoms in total. The fourth-order valence-electron chi connectivity index (χ4n) is 3.93. The monoisotopic (exact) mass is 510 g/mol. The van der Waals surface area contributed by atoms with Crippen molar-refractivity contribution < 1.29 is 40.2 Å². The van der Waals surface area contributed by atoms with Crippen LogP contribution in [0, 0.1) is 0 Å². The molecule has 182 valence electrons. The average Bonchev–Trinajstić information content (AvgIpc) is 3.40. The van der Waals surface area contributed by atoms with Crippen LogP contribution in [0.2, 0.25) is 0 Å². The Balaban J connectivity index is 1.95. The number of rotatable bonds is 5. The van der Waals surface area contributed by atoms with Crippen molar-refractivity contribution in [2.45, 2.75) is 10.1 Å². The molecule has 0 atom stereocenters. The Bertz CT molecular complexity index is 1800. The molecule has 0 bridgehead atoms. The molecule has 0 fully saturated rings. The standard InChI is InChI=1S/C22H14N4O9S/c27-10-4-7-6(3-9(24-7)20(32)33)13(17(10)30)15-14-8(25-16(15)21(34)35)5-11(28)18(31)19(14)36-22-23-2-1-12(29)26-22/h1-5,24-25,27-28,30-31H,(H,32,33)(H,34,35)(H,23,26,29). The highest BCUT2D eigenvalue weighted by atomic mass is 32.2. The lowest BCUT2D eigenvalue weighted by Gasteiger charge is -2.12. The second-order valence-electron chi connectivity index (χ2n) is 7.59. The summed E-state index contributed by atoms with van der Waals surface area (Å²) in [7, 11) is 0. The Morgan fingerprint density at radius 3 is 2.19 bits per heavy atom. The number of H-pyrrole nitrogens is 3. The number of carbonyl (C=O) groups is 2. The highest BCUT2D eigenvalue weighted by Crippen LogP contribution is 2.52. The molecule has 0 amide bonds. The molecule has 0 aliphatic rings. The molecule has 36 heavy (non-hydrogen) atoms. The number of benzene rings is 2.